The van der Waals surface area contributed by atoms with E-state index in [9.17, 15) is 5.26 Å². The van der Waals surface area contributed by atoms with Crippen molar-refractivity contribution >= 4 is 11.4 Å². The molecule has 2 unspecified atom stereocenters. The SMILES string of the molecule is CC1=[N+](CC(C#N)CN2CCOCC2)c2ccccc2C1C. The average Bonchev–Trinajstić information content (AvgIpc) is 2.80. The molecule has 0 aliphatic carbocycles. The van der Waals surface area contributed by atoms with Gasteiger partial charge in [0.25, 0.3) is 0 Å². The first-order chi connectivity index (χ1) is 10.7. The second-order valence-corrected chi connectivity index (χ2v) is 6.27. The number of benzene rings is 1. The van der Waals surface area contributed by atoms with E-state index < -0.39 is 0 Å². The zero-order valence-corrected chi connectivity index (χ0v) is 13.5. The number of para-hydroxylation sites is 1. The maximum atomic E-state index is 9.57. The number of morpholine rings is 1. The smallest absolute Gasteiger partial charge is 0.209 e. The minimum absolute atomic E-state index is 0.0198. The zero-order valence-electron chi connectivity index (χ0n) is 13.5. The molecule has 2 aliphatic heterocycles. The zero-order chi connectivity index (χ0) is 15.5. The molecule has 0 bridgehead atoms. The Kier molecular flexibility index (Phi) is 4.56. The third-order valence-electron chi connectivity index (χ3n) is 4.91. The van der Waals surface area contributed by atoms with Crippen LogP contribution in [0, 0.1) is 17.2 Å². The third-order valence-corrected chi connectivity index (χ3v) is 4.91. The van der Waals surface area contributed by atoms with Crippen LogP contribution in [0.3, 0.4) is 0 Å². The van der Waals surface area contributed by atoms with E-state index in [-0.39, 0.29) is 5.92 Å². The first-order valence-electron chi connectivity index (χ1n) is 8.10. The lowest BCUT2D eigenvalue weighted by molar-refractivity contribution is -0.444. The van der Waals surface area contributed by atoms with Crippen molar-refractivity contribution in [2.75, 3.05) is 39.4 Å². The van der Waals surface area contributed by atoms with Crippen molar-refractivity contribution in [3.63, 3.8) is 0 Å². The molecule has 22 heavy (non-hydrogen) atoms. The normalized spacial score (nSPS) is 23.2. The standard InChI is InChI=1S/C18H24N3O/c1-14-15(2)21(18-6-4-3-5-17(14)18)13-16(11-19)12-20-7-9-22-10-8-20/h3-6,14,16H,7-10,12-13H2,1-2H3/q+1. The molecule has 2 aliphatic rings. The molecule has 2 heterocycles. The summed E-state index contributed by atoms with van der Waals surface area (Å²) in [6, 6.07) is 11.1. The quantitative estimate of drug-likeness (QED) is 0.801. The van der Waals surface area contributed by atoms with E-state index in [0.717, 1.165) is 39.4 Å². The Morgan fingerprint density at radius 1 is 1.36 bits per heavy atom. The molecule has 116 valence electrons. The van der Waals surface area contributed by atoms with E-state index in [0.29, 0.717) is 5.92 Å². The molecular formula is C18H24N3O+. The predicted octanol–water partition coefficient (Wildman–Crippen LogP) is 2.38. The van der Waals surface area contributed by atoms with Crippen molar-refractivity contribution in [1.29, 1.82) is 5.26 Å². The van der Waals surface area contributed by atoms with Crippen molar-refractivity contribution in [2.45, 2.75) is 19.8 Å². The molecule has 1 fully saturated rings. The van der Waals surface area contributed by atoms with Gasteiger partial charge in [0.15, 0.2) is 12.3 Å². The van der Waals surface area contributed by atoms with Gasteiger partial charge in [-0.3, -0.25) is 4.90 Å². The Labute approximate surface area is 132 Å². The van der Waals surface area contributed by atoms with Gasteiger partial charge >= 0.3 is 0 Å². The van der Waals surface area contributed by atoms with Gasteiger partial charge in [-0.15, -0.1) is 0 Å². The number of hydrogen-bond donors (Lipinski definition) is 0. The van der Waals surface area contributed by atoms with Crippen molar-refractivity contribution in [2.24, 2.45) is 5.92 Å². The first kappa shape index (κ1) is 15.2. The molecule has 1 aromatic rings. The number of rotatable bonds is 4. The van der Waals surface area contributed by atoms with Gasteiger partial charge in [-0.2, -0.15) is 9.84 Å². The highest BCUT2D eigenvalue weighted by atomic mass is 16.5. The van der Waals surface area contributed by atoms with Crippen LogP contribution in [0.15, 0.2) is 24.3 Å². The molecule has 1 aromatic carbocycles. The summed E-state index contributed by atoms with van der Waals surface area (Å²) >= 11 is 0. The number of hydrogen-bond acceptors (Lipinski definition) is 3. The van der Waals surface area contributed by atoms with Crippen LogP contribution in [0.2, 0.25) is 0 Å². The van der Waals surface area contributed by atoms with Gasteiger partial charge in [0, 0.05) is 38.2 Å². The largest absolute Gasteiger partial charge is 0.379 e. The lowest BCUT2D eigenvalue weighted by atomic mass is 9.99. The van der Waals surface area contributed by atoms with Gasteiger partial charge in [0.05, 0.1) is 25.2 Å². The number of ether oxygens (including phenoxy) is 1. The summed E-state index contributed by atoms with van der Waals surface area (Å²) in [6.07, 6.45) is 0. The summed E-state index contributed by atoms with van der Waals surface area (Å²) in [5.41, 5.74) is 4.00. The van der Waals surface area contributed by atoms with E-state index >= 15 is 0 Å². The fourth-order valence-electron chi connectivity index (χ4n) is 3.45. The minimum atomic E-state index is 0.0198. The highest BCUT2D eigenvalue weighted by Crippen LogP contribution is 2.34. The topological polar surface area (TPSA) is 39.3 Å². The Balaban J connectivity index is 1.74. The van der Waals surface area contributed by atoms with Crippen LogP contribution < -0.4 is 0 Å². The van der Waals surface area contributed by atoms with Gasteiger partial charge in [-0.1, -0.05) is 18.2 Å². The molecule has 1 saturated heterocycles. The van der Waals surface area contributed by atoms with Gasteiger partial charge in [0.2, 0.25) is 5.69 Å². The van der Waals surface area contributed by atoms with Gasteiger partial charge < -0.3 is 4.74 Å². The fraction of sp³-hybridized carbons (Fsp3) is 0.556. The number of nitriles is 1. The van der Waals surface area contributed by atoms with E-state index in [1.165, 1.54) is 17.0 Å². The average molecular weight is 298 g/mol. The van der Waals surface area contributed by atoms with E-state index in [1.807, 2.05) is 0 Å². The van der Waals surface area contributed by atoms with Crippen LogP contribution in [-0.2, 0) is 4.74 Å². The maximum Gasteiger partial charge on any atom is 0.209 e. The van der Waals surface area contributed by atoms with Crippen LogP contribution in [0.5, 0.6) is 0 Å². The minimum Gasteiger partial charge on any atom is -0.379 e. The molecule has 2 atom stereocenters. The fourth-order valence-corrected chi connectivity index (χ4v) is 3.45. The number of nitrogens with zero attached hydrogens (tertiary/aromatic N) is 3. The van der Waals surface area contributed by atoms with Crippen molar-refractivity contribution in [1.82, 2.24) is 4.90 Å². The third kappa shape index (κ3) is 2.92. The Morgan fingerprint density at radius 2 is 2.09 bits per heavy atom. The van der Waals surface area contributed by atoms with Crippen LogP contribution in [0.1, 0.15) is 25.3 Å². The highest BCUT2D eigenvalue weighted by molar-refractivity contribution is 5.89. The molecule has 0 spiro atoms. The van der Waals surface area contributed by atoms with Crippen LogP contribution in [0.25, 0.3) is 0 Å². The number of fused-ring (bicyclic) bond motifs is 1. The Bertz CT molecular complexity index is 611. The van der Waals surface area contributed by atoms with Gasteiger partial charge in [-0.05, 0) is 6.92 Å². The van der Waals surface area contributed by atoms with E-state index in [1.54, 1.807) is 0 Å². The summed E-state index contributed by atoms with van der Waals surface area (Å²) in [5.74, 6) is 0.463. The summed E-state index contributed by atoms with van der Waals surface area (Å²) in [5, 5.41) is 9.57. The molecule has 0 saturated carbocycles. The second kappa shape index (κ2) is 6.60. The Hall–Kier alpha value is -1.70. The molecule has 0 amide bonds. The summed E-state index contributed by atoms with van der Waals surface area (Å²) in [4.78, 5) is 2.35. The molecule has 0 aromatic heterocycles. The van der Waals surface area contributed by atoms with Gasteiger partial charge in [-0.25, -0.2) is 0 Å². The van der Waals surface area contributed by atoms with Crippen LogP contribution in [0.4, 0.5) is 5.69 Å². The van der Waals surface area contributed by atoms with Crippen molar-refractivity contribution in [3.05, 3.63) is 29.8 Å². The van der Waals surface area contributed by atoms with Crippen molar-refractivity contribution < 1.29 is 9.31 Å². The molecular weight excluding hydrogens is 274 g/mol. The molecule has 0 radical (unpaired) electrons. The van der Waals surface area contributed by atoms with E-state index in [4.69, 9.17) is 4.74 Å². The van der Waals surface area contributed by atoms with Crippen molar-refractivity contribution in [3.8, 4) is 6.07 Å². The maximum absolute atomic E-state index is 9.57. The summed E-state index contributed by atoms with van der Waals surface area (Å²) in [7, 11) is 0. The van der Waals surface area contributed by atoms with Gasteiger partial charge in [0.1, 0.15) is 5.92 Å². The lowest BCUT2D eigenvalue weighted by Gasteiger charge is -2.27. The summed E-state index contributed by atoms with van der Waals surface area (Å²) in [6.45, 7) is 9.49. The molecule has 4 heteroatoms. The molecule has 3 rings (SSSR count). The van der Waals surface area contributed by atoms with Crippen LogP contribution >= 0.6 is 0 Å². The first-order valence-corrected chi connectivity index (χ1v) is 8.10. The van der Waals surface area contributed by atoms with Crippen LogP contribution in [-0.4, -0.2) is 54.6 Å². The second-order valence-electron chi connectivity index (χ2n) is 6.27. The Morgan fingerprint density at radius 3 is 2.82 bits per heavy atom. The van der Waals surface area contributed by atoms with E-state index in [2.05, 4.69) is 53.7 Å². The molecule has 4 nitrogen and oxygen atoms in total. The molecule has 0 N–H and O–H groups in total. The summed E-state index contributed by atoms with van der Waals surface area (Å²) < 4.78 is 7.73. The monoisotopic (exact) mass is 298 g/mol. The predicted molar refractivity (Wildman–Crippen MR) is 86.7 cm³/mol. The highest BCUT2D eigenvalue weighted by Gasteiger charge is 2.34. The lowest BCUT2D eigenvalue weighted by Crippen LogP contribution is -2.40.